The number of phenolic OH excluding ortho intramolecular Hbond substituents is 1. The fraction of sp³-hybridized carbons (Fsp3) is 0.176. The molecule has 2 rings (SSSR count). The second-order valence-corrected chi connectivity index (χ2v) is 5.08. The first-order valence-corrected chi connectivity index (χ1v) is 6.96. The first-order valence-electron chi connectivity index (χ1n) is 6.96. The van der Waals surface area contributed by atoms with E-state index in [1.807, 2.05) is 44.2 Å². The number of nitrogens with one attached hydrogen (secondary N) is 2. The predicted octanol–water partition coefficient (Wildman–Crippen LogP) is 2.57. The number of anilines is 1. The second-order valence-electron chi connectivity index (χ2n) is 5.08. The fourth-order valence-corrected chi connectivity index (χ4v) is 1.91. The minimum atomic E-state index is -0.260. The van der Waals surface area contributed by atoms with Crippen LogP contribution in [-0.2, 0) is 4.79 Å². The van der Waals surface area contributed by atoms with Crippen LogP contribution in [-0.4, -0.2) is 23.8 Å². The van der Waals surface area contributed by atoms with Crippen molar-refractivity contribution in [3.8, 4) is 5.75 Å². The monoisotopic (exact) mass is 297 g/mol. The summed E-state index contributed by atoms with van der Waals surface area (Å²) in [6, 6.07) is 13.0. The van der Waals surface area contributed by atoms with Crippen molar-refractivity contribution in [3.05, 3.63) is 59.2 Å². The van der Waals surface area contributed by atoms with Crippen LogP contribution in [0.15, 0.2) is 47.6 Å². The van der Waals surface area contributed by atoms with Crippen molar-refractivity contribution >= 4 is 17.8 Å². The molecule has 0 aliphatic heterocycles. The average molecular weight is 297 g/mol. The second kappa shape index (κ2) is 7.26. The summed E-state index contributed by atoms with van der Waals surface area (Å²) in [5.74, 6) is -0.125. The molecule has 1 amide bonds. The first kappa shape index (κ1) is 15.6. The summed E-state index contributed by atoms with van der Waals surface area (Å²) in [6.45, 7) is 4.00. The van der Waals surface area contributed by atoms with Gasteiger partial charge in [0.1, 0.15) is 5.75 Å². The quantitative estimate of drug-likeness (QED) is 0.586. The molecule has 2 aromatic carbocycles. The van der Waals surface area contributed by atoms with Crippen LogP contribution in [0.25, 0.3) is 0 Å². The van der Waals surface area contributed by atoms with Gasteiger partial charge in [0, 0.05) is 11.3 Å². The van der Waals surface area contributed by atoms with Crippen LogP contribution in [0.3, 0.4) is 0 Å². The van der Waals surface area contributed by atoms with Crippen molar-refractivity contribution in [2.45, 2.75) is 13.8 Å². The molecular formula is C17H19N3O2. The highest BCUT2D eigenvalue weighted by atomic mass is 16.3. The van der Waals surface area contributed by atoms with Crippen LogP contribution >= 0.6 is 0 Å². The summed E-state index contributed by atoms with van der Waals surface area (Å²) in [5, 5.41) is 16.6. The van der Waals surface area contributed by atoms with Crippen LogP contribution in [0.5, 0.6) is 5.75 Å². The maximum atomic E-state index is 11.7. The zero-order chi connectivity index (χ0) is 15.9. The molecule has 0 bridgehead atoms. The molecule has 0 saturated carbocycles. The number of aryl methyl sites for hydroxylation is 2. The molecule has 0 unspecified atom stereocenters. The average Bonchev–Trinajstić information content (AvgIpc) is 2.47. The molecule has 2 aromatic rings. The number of rotatable bonds is 5. The number of nitrogens with zero attached hydrogens (tertiary/aromatic N) is 1. The minimum absolute atomic E-state index is 0.126. The zero-order valence-electron chi connectivity index (χ0n) is 12.6. The highest BCUT2D eigenvalue weighted by molar-refractivity contribution is 5.86. The Hall–Kier alpha value is -2.82. The third-order valence-electron chi connectivity index (χ3n) is 3.05. The van der Waals surface area contributed by atoms with Crippen molar-refractivity contribution in [2.75, 3.05) is 11.9 Å². The lowest BCUT2D eigenvalue weighted by Gasteiger charge is -2.06. The largest absolute Gasteiger partial charge is 0.507 e. The molecule has 3 N–H and O–H groups in total. The van der Waals surface area contributed by atoms with E-state index < -0.39 is 0 Å². The molecule has 22 heavy (non-hydrogen) atoms. The van der Waals surface area contributed by atoms with E-state index in [2.05, 4.69) is 15.8 Å². The van der Waals surface area contributed by atoms with Gasteiger partial charge in [-0.1, -0.05) is 18.2 Å². The highest BCUT2D eigenvalue weighted by Gasteiger charge is 2.01. The molecule has 5 heteroatoms. The van der Waals surface area contributed by atoms with Crippen molar-refractivity contribution < 1.29 is 9.90 Å². The molecule has 114 valence electrons. The molecule has 0 spiro atoms. The van der Waals surface area contributed by atoms with Crippen LogP contribution in [0.1, 0.15) is 16.7 Å². The number of amides is 1. The number of aromatic hydroxyl groups is 1. The van der Waals surface area contributed by atoms with Crippen LogP contribution in [0.2, 0.25) is 0 Å². The Morgan fingerprint density at radius 1 is 1.18 bits per heavy atom. The van der Waals surface area contributed by atoms with Gasteiger partial charge in [-0.3, -0.25) is 4.79 Å². The number of carbonyl (C=O) groups is 1. The van der Waals surface area contributed by atoms with Gasteiger partial charge in [-0.2, -0.15) is 5.10 Å². The normalized spacial score (nSPS) is 10.6. The van der Waals surface area contributed by atoms with E-state index >= 15 is 0 Å². The van der Waals surface area contributed by atoms with E-state index in [0.717, 1.165) is 16.8 Å². The molecule has 0 atom stereocenters. The molecule has 0 aliphatic rings. The number of phenols is 1. The molecule has 5 nitrogen and oxygen atoms in total. The summed E-state index contributed by atoms with van der Waals surface area (Å²) in [7, 11) is 0. The van der Waals surface area contributed by atoms with E-state index in [4.69, 9.17) is 0 Å². The maximum Gasteiger partial charge on any atom is 0.259 e. The van der Waals surface area contributed by atoms with Gasteiger partial charge in [0.05, 0.1) is 12.8 Å². The molecule has 0 radical (unpaired) electrons. The van der Waals surface area contributed by atoms with Crippen molar-refractivity contribution in [1.82, 2.24) is 5.43 Å². The minimum Gasteiger partial charge on any atom is -0.507 e. The number of hydrogen-bond acceptors (Lipinski definition) is 4. The summed E-state index contributed by atoms with van der Waals surface area (Å²) in [5.41, 5.74) is 5.94. The van der Waals surface area contributed by atoms with Gasteiger partial charge in [0.15, 0.2) is 0 Å². The molecule has 0 heterocycles. The standard InChI is InChI=1S/C17H19N3O2/c1-12-4-3-5-15(8-12)18-11-17(22)20-19-10-14-7-6-13(2)9-16(14)21/h3-10,18,21H,11H2,1-2H3,(H,20,22)/b19-10+. The number of hydrogen-bond donors (Lipinski definition) is 3. The lowest BCUT2D eigenvalue weighted by Crippen LogP contribution is -2.25. The van der Waals surface area contributed by atoms with Gasteiger partial charge in [0.25, 0.3) is 5.91 Å². The van der Waals surface area contributed by atoms with Gasteiger partial charge < -0.3 is 10.4 Å². The summed E-state index contributed by atoms with van der Waals surface area (Å²) >= 11 is 0. The fourth-order valence-electron chi connectivity index (χ4n) is 1.91. The lowest BCUT2D eigenvalue weighted by atomic mass is 10.1. The number of hydrazone groups is 1. The topological polar surface area (TPSA) is 73.7 Å². The zero-order valence-corrected chi connectivity index (χ0v) is 12.6. The summed E-state index contributed by atoms with van der Waals surface area (Å²) < 4.78 is 0. The Morgan fingerprint density at radius 2 is 1.95 bits per heavy atom. The van der Waals surface area contributed by atoms with Crippen molar-refractivity contribution in [1.29, 1.82) is 0 Å². The van der Waals surface area contributed by atoms with Crippen molar-refractivity contribution in [3.63, 3.8) is 0 Å². The Morgan fingerprint density at radius 3 is 2.68 bits per heavy atom. The van der Waals surface area contributed by atoms with Crippen molar-refractivity contribution in [2.24, 2.45) is 5.10 Å². The summed E-state index contributed by atoms with van der Waals surface area (Å²) in [6.07, 6.45) is 1.42. The Labute approximate surface area is 129 Å². The van der Waals surface area contributed by atoms with Gasteiger partial charge in [-0.05, 0) is 49.2 Å². The lowest BCUT2D eigenvalue weighted by molar-refractivity contribution is -0.119. The predicted molar refractivity (Wildman–Crippen MR) is 88.2 cm³/mol. The van der Waals surface area contributed by atoms with E-state index in [-0.39, 0.29) is 18.2 Å². The smallest absolute Gasteiger partial charge is 0.259 e. The van der Waals surface area contributed by atoms with Crippen LogP contribution < -0.4 is 10.7 Å². The number of carbonyl (C=O) groups excluding carboxylic acids is 1. The van der Waals surface area contributed by atoms with E-state index in [0.29, 0.717) is 5.56 Å². The van der Waals surface area contributed by atoms with Gasteiger partial charge in [0.2, 0.25) is 0 Å². The van der Waals surface area contributed by atoms with Crippen LogP contribution in [0.4, 0.5) is 5.69 Å². The number of benzene rings is 2. The molecule has 0 aromatic heterocycles. The highest BCUT2D eigenvalue weighted by Crippen LogP contribution is 2.16. The van der Waals surface area contributed by atoms with Gasteiger partial charge in [-0.15, -0.1) is 0 Å². The Balaban J connectivity index is 1.83. The maximum absolute atomic E-state index is 11.7. The molecule has 0 aliphatic carbocycles. The van der Waals surface area contributed by atoms with Gasteiger partial charge >= 0.3 is 0 Å². The third kappa shape index (κ3) is 4.63. The Kier molecular flexibility index (Phi) is 5.14. The third-order valence-corrected chi connectivity index (χ3v) is 3.05. The van der Waals surface area contributed by atoms with Gasteiger partial charge in [-0.25, -0.2) is 5.43 Å². The molecular weight excluding hydrogens is 278 g/mol. The van der Waals surface area contributed by atoms with E-state index in [1.54, 1.807) is 12.1 Å². The SMILES string of the molecule is Cc1cccc(NCC(=O)N/N=C/c2ccc(C)cc2O)c1. The van der Waals surface area contributed by atoms with Crippen LogP contribution in [0, 0.1) is 13.8 Å². The first-order chi connectivity index (χ1) is 10.5. The van der Waals surface area contributed by atoms with E-state index in [9.17, 15) is 9.90 Å². The Bertz CT molecular complexity index is 696. The van der Waals surface area contributed by atoms with E-state index in [1.165, 1.54) is 6.21 Å². The summed E-state index contributed by atoms with van der Waals surface area (Å²) in [4.78, 5) is 11.7. The molecule has 0 saturated heterocycles. The molecule has 0 fully saturated rings.